The molecule has 1 aromatic heterocycles. The molecule has 0 bridgehead atoms. The van der Waals surface area contributed by atoms with Gasteiger partial charge in [-0.3, -0.25) is 0 Å². The number of aromatic nitrogens is 1. The Bertz CT molecular complexity index is 502. The standard InChI is InChI=1S/C12H13F3N2O2/c1-6-4-7(6)5-16-10-8(11(18)19)2-3-9(17-10)12(13,14)15/h2-3,6-7H,4-5H2,1H3,(H,16,17)(H,18,19). The van der Waals surface area contributed by atoms with Gasteiger partial charge >= 0.3 is 12.1 Å². The third kappa shape index (κ3) is 3.15. The predicted molar refractivity (Wildman–Crippen MR) is 62.0 cm³/mol. The lowest BCUT2D eigenvalue weighted by atomic mass is 10.2. The van der Waals surface area contributed by atoms with E-state index in [-0.39, 0.29) is 11.4 Å². The molecule has 2 atom stereocenters. The van der Waals surface area contributed by atoms with Crippen LogP contribution in [0.3, 0.4) is 0 Å². The normalized spacial score (nSPS) is 22.1. The SMILES string of the molecule is CC1CC1CNc1nc(C(F)(F)F)ccc1C(=O)O. The van der Waals surface area contributed by atoms with Crippen LogP contribution in [0.1, 0.15) is 29.4 Å². The maximum atomic E-state index is 12.5. The molecule has 0 amide bonds. The summed E-state index contributed by atoms with van der Waals surface area (Å²) in [6, 6.07) is 1.60. The molecule has 1 heterocycles. The predicted octanol–water partition coefficient (Wildman–Crippen LogP) is 2.87. The van der Waals surface area contributed by atoms with Gasteiger partial charge in [0.15, 0.2) is 0 Å². The smallest absolute Gasteiger partial charge is 0.433 e. The first-order valence-electron chi connectivity index (χ1n) is 5.84. The molecule has 0 radical (unpaired) electrons. The van der Waals surface area contributed by atoms with Gasteiger partial charge in [0.05, 0.1) is 0 Å². The molecule has 1 saturated carbocycles. The topological polar surface area (TPSA) is 62.2 Å². The number of pyridine rings is 1. The summed E-state index contributed by atoms with van der Waals surface area (Å²) in [6.45, 7) is 2.47. The number of alkyl halides is 3. The molecule has 104 valence electrons. The number of hydrogen-bond donors (Lipinski definition) is 2. The third-order valence-electron chi connectivity index (χ3n) is 3.22. The zero-order chi connectivity index (χ0) is 14.2. The Morgan fingerprint density at radius 3 is 2.63 bits per heavy atom. The van der Waals surface area contributed by atoms with Crippen LogP contribution in [0.2, 0.25) is 0 Å². The van der Waals surface area contributed by atoms with Crippen LogP contribution in [-0.2, 0) is 6.18 Å². The fourth-order valence-electron chi connectivity index (χ4n) is 1.84. The van der Waals surface area contributed by atoms with Gasteiger partial charge in [0, 0.05) is 6.54 Å². The number of nitrogens with one attached hydrogen (secondary N) is 1. The molecule has 2 unspecified atom stereocenters. The summed E-state index contributed by atoms with van der Waals surface area (Å²) in [5.74, 6) is -0.626. The monoisotopic (exact) mass is 274 g/mol. The van der Waals surface area contributed by atoms with E-state index in [9.17, 15) is 18.0 Å². The fourth-order valence-corrected chi connectivity index (χ4v) is 1.84. The summed E-state index contributed by atoms with van der Waals surface area (Å²) >= 11 is 0. The molecule has 1 aromatic rings. The minimum atomic E-state index is -4.58. The van der Waals surface area contributed by atoms with E-state index in [0.717, 1.165) is 12.5 Å². The maximum Gasteiger partial charge on any atom is 0.433 e. The number of rotatable bonds is 4. The molecule has 1 aliphatic carbocycles. The molecule has 1 fully saturated rings. The zero-order valence-electron chi connectivity index (χ0n) is 10.2. The molecule has 0 spiro atoms. The number of halogens is 3. The number of aromatic carboxylic acids is 1. The highest BCUT2D eigenvalue weighted by Gasteiger charge is 2.35. The Morgan fingerprint density at radius 2 is 2.16 bits per heavy atom. The van der Waals surface area contributed by atoms with E-state index in [1.54, 1.807) is 0 Å². The van der Waals surface area contributed by atoms with Crippen LogP contribution in [-0.4, -0.2) is 22.6 Å². The number of carboxylic acid groups (broad SMARTS) is 1. The molecular weight excluding hydrogens is 261 g/mol. The van der Waals surface area contributed by atoms with Gasteiger partial charge in [0.1, 0.15) is 17.1 Å². The van der Waals surface area contributed by atoms with Crippen molar-refractivity contribution in [2.45, 2.75) is 19.5 Å². The molecule has 19 heavy (non-hydrogen) atoms. The van der Waals surface area contributed by atoms with E-state index in [1.165, 1.54) is 0 Å². The molecule has 2 rings (SSSR count). The van der Waals surface area contributed by atoms with E-state index >= 15 is 0 Å². The molecule has 0 aromatic carbocycles. The van der Waals surface area contributed by atoms with Crippen molar-refractivity contribution in [3.8, 4) is 0 Å². The molecule has 4 nitrogen and oxygen atoms in total. The van der Waals surface area contributed by atoms with Gasteiger partial charge in [-0.1, -0.05) is 6.92 Å². The number of carboxylic acids is 1. The highest BCUT2D eigenvalue weighted by atomic mass is 19.4. The van der Waals surface area contributed by atoms with Crippen LogP contribution < -0.4 is 5.32 Å². The minimum absolute atomic E-state index is 0.221. The van der Waals surface area contributed by atoms with Crippen LogP contribution >= 0.6 is 0 Å². The van der Waals surface area contributed by atoms with Gasteiger partial charge in [-0.15, -0.1) is 0 Å². The summed E-state index contributed by atoms with van der Waals surface area (Å²) in [5.41, 5.74) is -1.34. The Kier molecular flexibility index (Phi) is 3.38. The highest BCUT2D eigenvalue weighted by Crippen LogP contribution is 2.38. The quantitative estimate of drug-likeness (QED) is 0.886. The van der Waals surface area contributed by atoms with E-state index in [4.69, 9.17) is 5.11 Å². The average Bonchev–Trinajstić information content (AvgIpc) is 3.01. The maximum absolute atomic E-state index is 12.5. The molecular formula is C12H13F3N2O2. The van der Waals surface area contributed by atoms with Crippen molar-refractivity contribution in [2.24, 2.45) is 11.8 Å². The Hall–Kier alpha value is -1.79. The molecule has 2 N–H and O–H groups in total. The van der Waals surface area contributed by atoms with Gasteiger partial charge in [0.2, 0.25) is 0 Å². The zero-order valence-corrected chi connectivity index (χ0v) is 10.2. The second kappa shape index (κ2) is 4.71. The number of hydrogen-bond acceptors (Lipinski definition) is 3. The van der Waals surface area contributed by atoms with Crippen molar-refractivity contribution in [2.75, 3.05) is 11.9 Å². The largest absolute Gasteiger partial charge is 0.478 e. The lowest BCUT2D eigenvalue weighted by molar-refractivity contribution is -0.141. The lowest BCUT2D eigenvalue weighted by Gasteiger charge is -2.12. The molecule has 7 heteroatoms. The Balaban J connectivity index is 2.22. The van der Waals surface area contributed by atoms with E-state index in [1.807, 2.05) is 6.92 Å². The van der Waals surface area contributed by atoms with Gasteiger partial charge < -0.3 is 10.4 Å². The van der Waals surface area contributed by atoms with Gasteiger partial charge in [-0.05, 0) is 30.4 Å². The summed E-state index contributed by atoms with van der Waals surface area (Å²) < 4.78 is 37.6. The first-order chi connectivity index (χ1) is 8.79. The Labute approximate surface area is 107 Å². The van der Waals surface area contributed by atoms with Crippen molar-refractivity contribution in [1.29, 1.82) is 0 Å². The number of anilines is 1. The summed E-state index contributed by atoms with van der Waals surface area (Å²) in [7, 11) is 0. The summed E-state index contributed by atoms with van der Waals surface area (Å²) in [6.07, 6.45) is -3.59. The van der Waals surface area contributed by atoms with Crippen molar-refractivity contribution in [3.05, 3.63) is 23.4 Å². The summed E-state index contributed by atoms with van der Waals surface area (Å²) in [4.78, 5) is 14.3. The van der Waals surface area contributed by atoms with Crippen LogP contribution in [0.15, 0.2) is 12.1 Å². The van der Waals surface area contributed by atoms with Gasteiger partial charge in [-0.2, -0.15) is 13.2 Å². The van der Waals surface area contributed by atoms with Crippen LogP contribution in [0.25, 0.3) is 0 Å². The van der Waals surface area contributed by atoms with E-state index in [2.05, 4.69) is 10.3 Å². The molecule has 1 aliphatic rings. The van der Waals surface area contributed by atoms with Crippen molar-refractivity contribution >= 4 is 11.8 Å². The second-order valence-electron chi connectivity index (χ2n) is 4.75. The first kappa shape index (κ1) is 13.6. The fraction of sp³-hybridized carbons (Fsp3) is 0.500. The summed E-state index contributed by atoms with van der Waals surface area (Å²) in [5, 5.41) is 11.6. The Morgan fingerprint density at radius 1 is 1.53 bits per heavy atom. The highest BCUT2D eigenvalue weighted by molar-refractivity contribution is 5.93. The van der Waals surface area contributed by atoms with Crippen molar-refractivity contribution < 1.29 is 23.1 Å². The van der Waals surface area contributed by atoms with Crippen molar-refractivity contribution in [3.63, 3.8) is 0 Å². The number of nitrogens with zero attached hydrogens (tertiary/aromatic N) is 1. The first-order valence-corrected chi connectivity index (χ1v) is 5.84. The van der Waals surface area contributed by atoms with Crippen LogP contribution in [0.4, 0.5) is 19.0 Å². The molecule has 0 saturated heterocycles. The average molecular weight is 274 g/mol. The minimum Gasteiger partial charge on any atom is -0.478 e. The van der Waals surface area contributed by atoms with E-state index in [0.29, 0.717) is 24.4 Å². The van der Waals surface area contributed by atoms with Crippen molar-refractivity contribution in [1.82, 2.24) is 4.98 Å². The van der Waals surface area contributed by atoms with Crippen LogP contribution in [0.5, 0.6) is 0 Å². The van der Waals surface area contributed by atoms with Crippen LogP contribution in [0, 0.1) is 11.8 Å². The molecule has 0 aliphatic heterocycles. The third-order valence-corrected chi connectivity index (χ3v) is 3.22. The lowest BCUT2D eigenvalue weighted by Crippen LogP contribution is -2.15. The van der Waals surface area contributed by atoms with E-state index < -0.39 is 17.8 Å². The van der Waals surface area contributed by atoms with Gasteiger partial charge in [-0.25, -0.2) is 9.78 Å². The van der Waals surface area contributed by atoms with Gasteiger partial charge in [0.25, 0.3) is 0 Å². The second-order valence-corrected chi connectivity index (χ2v) is 4.75. The number of carbonyl (C=O) groups is 1.